The van der Waals surface area contributed by atoms with Gasteiger partial charge in [0.05, 0.1) is 23.4 Å². The molecule has 0 unspecified atom stereocenters. The summed E-state index contributed by atoms with van der Waals surface area (Å²) in [5, 5.41) is 0.713. The lowest BCUT2D eigenvalue weighted by molar-refractivity contribution is -0.655. The number of carbonyl (C=O) groups excluding carboxylic acids is 1. The van der Waals surface area contributed by atoms with Gasteiger partial charge in [0.1, 0.15) is 4.70 Å². The van der Waals surface area contributed by atoms with Crippen LogP contribution in [0.25, 0.3) is 16.3 Å². The van der Waals surface area contributed by atoms with E-state index in [1.54, 1.807) is 22.8 Å². The molecule has 2 heterocycles. The van der Waals surface area contributed by atoms with Crippen LogP contribution in [-0.4, -0.2) is 33.6 Å². The molecule has 10 nitrogen and oxygen atoms in total. The third kappa shape index (κ3) is 7.21. The molecule has 44 heavy (non-hydrogen) atoms. The predicted octanol–water partition coefficient (Wildman–Crippen LogP) is 5.32. The number of hydrogen-bond donors (Lipinski definition) is 2. The normalized spacial score (nSPS) is 14.6. The monoisotopic (exact) mass is 718 g/mol. The number of benzene rings is 3. The predicted molar refractivity (Wildman–Crippen MR) is 173 cm³/mol. The van der Waals surface area contributed by atoms with Crippen molar-refractivity contribution in [3.05, 3.63) is 98.8 Å². The van der Waals surface area contributed by atoms with Crippen LogP contribution in [-0.2, 0) is 38.0 Å². The Morgan fingerprint density at radius 1 is 1.11 bits per heavy atom. The largest absolute Gasteiger partial charge is 0.439 e. The molecular formula is C30H29BrN3O7S3+. The van der Waals surface area contributed by atoms with Crippen LogP contribution in [0, 0.1) is 6.92 Å². The van der Waals surface area contributed by atoms with Crippen LogP contribution in [0.5, 0.6) is 5.75 Å². The Kier molecular flexibility index (Phi) is 9.01. The number of nitrogens with one attached hydrogen (secondary N) is 1. The molecule has 0 spiro atoms. The SMILES string of the molecule is CCC(=Cc1sc2ccc(Br)cc2[n+]1CC(=O)NS(C)(=O)=O)C=C1Oc2ccc(C)cc2N1Cc1ccccc1S(=O)(=O)O. The summed E-state index contributed by atoms with van der Waals surface area (Å²) in [7, 11) is -8.20. The van der Waals surface area contributed by atoms with E-state index >= 15 is 0 Å². The van der Waals surface area contributed by atoms with Crippen LogP contribution in [0.3, 0.4) is 0 Å². The van der Waals surface area contributed by atoms with Crippen LogP contribution >= 0.6 is 27.3 Å². The maximum atomic E-state index is 12.7. The standard InChI is InChI=1S/C30H28BrN3O7S3/c1-4-20(15-30-34(18-28(35)32-43(3,36)37)24-16-22(31)10-12-26(24)42-30)14-29-33(23-13-19(2)9-11-25(23)41-29)17-21-7-5-6-8-27(21)44(38,39)40/h5-16H,4,17-18H2,1-3H3,(H-,32,35,38,39,40)/p+1. The zero-order valence-corrected chi connectivity index (χ0v) is 28.0. The lowest BCUT2D eigenvalue weighted by Crippen LogP contribution is -2.45. The maximum absolute atomic E-state index is 12.7. The van der Waals surface area contributed by atoms with Gasteiger partial charge in [-0.3, -0.25) is 9.35 Å². The molecule has 2 N–H and O–H groups in total. The average Bonchev–Trinajstić information content (AvgIpc) is 3.43. The number of ether oxygens (including phenoxy) is 1. The average molecular weight is 720 g/mol. The van der Waals surface area contributed by atoms with E-state index in [4.69, 9.17) is 4.74 Å². The molecule has 0 fully saturated rings. The van der Waals surface area contributed by atoms with E-state index < -0.39 is 26.0 Å². The van der Waals surface area contributed by atoms with Gasteiger partial charge in [-0.05, 0) is 60.4 Å². The van der Waals surface area contributed by atoms with Crippen LogP contribution in [0.2, 0.25) is 0 Å². The Hall–Kier alpha value is -3.56. The first-order valence-electron chi connectivity index (χ1n) is 13.4. The van der Waals surface area contributed by atoms with Gasteiger partial charge in [0.15, 0.2) is 5.75 Å². The summed E-state index contributed by atoms with van der Waals surface area (Å²) in [6.45, 7) is 3.81. The van der Waals surface area contributed by atoms with Gasteiger partial charge in [0, 0.05) is 22.7 Å². The van der Waals surface area contributed by atoms with Crippen LogP contribution in [0.15, 0.2) is 87.6 Å². The third-order valence-electron chi connectivity index (χ3n) is 6.78. The number of aromatic nitrogens is 1. The van der Waals surface area contributed by atoms with Crippen LogP contribution in [0.1, 0.15) is 29.5 Å². The number of hydrogen-bond acceptors (Lipinski definition) is 8. The van der Waals surface area contributed by atoms with Crippen molar-refractivity contribution in [1.29, 1.82) is 0 Å². The fourth-order valence-corrected chi connectivity index (χ4v) is 7.49. The highest BCUT2D eigenvalue weighted by atomic mass is 79.9. The first-order chi connectivity index (χ1) is 20.7. The molecule has 1 aliphatic rings. The summed E-state index contributed by atoms with van der Waals surface area (Å²) in [6, 6.07) is 17.7. The summed E-state index contributed by atoms with van der Waals surface area (Å²) in [6.07, 6.45) is 5.28. The van der Waals surface area contributed by atoms with Crippen LogP contribution in [0.4, 0.5) is 5.69 Å². The number of halogens is 1. The second-order valence-electron chi connectivity index (χ2n) is 10.2. The zero-order chi connectivity index (χ0) is 31.8. The Balaban J connectivity index is 1.59. The summed E-state index contributed by atoms with van der Waals surface area (Å²) >= 11 is 4.93. The molecule has 1 amide bonds. The molecule has 1 aromatic heterocycles. The van der Waals surface area contributed by atoms with Gasteiger partial charge in [-0.2, -0.15) is 13.0 Å². The minimum Gasteiger partial charge on any atom is -0.439 e. The minimum absolute atomic E-state index is 0.109. The number of aryl methyl sites for hydroxylation is 1. The molecule has 1 aliphatic heterocycles. The van der Waals surface area contributed by atoms with Gasteiger partial charge in [-0.15, -0.1) is 0 Å². The fraction of sp³-hybridized carbons (Fsp3) is 0.200. The molecule has 4 aromatic rings. The number of thiazole rings is 1. The quantitative estimate of drug-likeness (QED) is 0.176. The van der Waals surface area contributed by atoms with E-state index in [1.165, 1.54) is 17.4 Å². The number of sulfonamides is 1. The summed E-state index contributed by atoms with van der Waals surface area (Å²) in [4.78, 5) is 14.3. The van der Waals surface area contributed by atoms with E-state index in [1.807, 2.05) is 72.0 Å². The molecule has 0 radical (unpaired) electrons. The molecule has 0 saturated heterocycles. The van der Waals surface area contributed by atoms with Gasteiger partial charge in [-0.1, -0.05) is 58.5 Å². The lowest BCUT2D eigenvalue weighted by atomic mass is 10.1. The van der Waals surface area contributed by atoms with Gasteiger partial charge in [0.25, 0.3) is 21.0 Å². The molecule has 0 atom stereocenters. The minimum atomic E-state index is -4.46. The highest BCUT2D eigenvalue weighted by Crippen LogP contribution is 2.41. The van der Waals surface area contributed by atoms with Crippen LogP contribution < -0.4 is 18.9 Å². The zero-order valence-electron chi connectivity index (χ0n) is 23.9. The second kappa shape index (κ2) is 12.4. The molecule has 3 aromatic carbocycles. The number of rotatable bonds is 9. The topological polar surface area (TPSA) is 134 Å². The first-order valence-corrected chi connectivity index (χ1v) is 18.3. The van der Waals surface area contributed by atoms with Crippen molar-refractivity contribution in [3.8, 4) is 5.75 Å². The molecule has 14 heteroatoms. The first kappa shape index (κ1) is 31.9. The molecule has 0 bridgehead atoms. The van der Waals surface area contributed by atoms with Gasteiger partial charge in [-0.25, -0.2) is 13.1 Å². The van der Waals surface area contributed by atoms with E-state index in [-0.39, 0.29) is 18.0 Å². The molecular weight excluding hydrogens is 690 g/mol. The van der Waals surface area contributed by atoms with E-state index in [2.05, 4.69) is 15.9 Å². The molecule has 0 aliphatic carbocycles. The van der Waals surface area contributed by atoms with E-state index in [0.29, 0.717) is 28.6 Å². The number of carbonyl (C=O) groups is 1. The summed E-state index contributed by atoms with van der Waals surface area (Å²) in [5.74, 6) is 0.381. The van der Waals surface area contributed by atoms with E-state index in [9.17, 15) is 26.2 Å². The highest BCUT2D eigenvalue weighted by Gasteiger charge is 2.29. The molecule has 5 rings (SSSR count). The maximum Gasteiger partial charge on any atom is 0.299 e. The summed E-state index contributed by atoms with van der Waals surface area (Å²) < 4.78 is 69.3. The number of nitrogens with zero attached hydrogens (tertiary/aromatic N) is 2. The lowest BCUT2D eigenvalue weighted by Gasteiger charge is -2.20. The van der Waals surface area contributed by atoms with Crippen molar-refractivity contribution >= 4 is 75.3 Å². The van der Waals surface area contributed by atoms with Crippen molar-refractivity contribution in [1.82, 2.24) is 4.72 Å². The number of allylic oxidation sites excluding steroid dienone is 2. The van der Waals surface area contributed by atoms with Crippen molar-refractivity contribution in [2.45, 2.75) is 38.3 Å². The van der Waals surface area contributed by atoms with Crippen molar-refractivity contribution in [2.75, 3.05) is 11.2 Å². The van der Waals surface area contributed by atoms with Gasteiger partial charge < -0.3 is 9.64 Å². The second-order valence-corrected chi connectivity index (χ2v) is 15.3. The van der Waals surface area contributed by atoms with Crippen molar-refractivity contribution < 1.29 is 35.5 Å². The number of amides is 1. The van der Waals surface area contributed by atoms with Gasteiger partial charge in [0.2, 0.25) is 28.0 Å². The number of anilines is 1. The highest BCUT2D eigenvalue weighted by molar-refractivity contribution is 9.10. The van der Waals surface area contributed by atoms with E-state index in [0.717, 1.165) is 37.8 Å². The Morgan fingerprint density at radius 2 is 1.86 bits per heavy atom. The Labute approximate surface area is 268 Å². The Morgan fingerprint density at radius 3 is 2.57 bits per heavy atom. The molecule has 0 saturated carbocycles. The number of fused-ring (bicyclic) bond motifs is 2. The molecule has 230 valence electrons. The third-order valence-corrected chi connectivity index (χ3v) is 9.94. The fourth-order valence-electron chi connectivity index (χ4n) is 4.83. The Bertz CT molecular complexity index is 2070. The smallest absolute Gasteiger partial charge is 0.299 e. The summed E-state index contributed by atoms with van der Waals surface area (Å²) in [5.41, 5.74) is 3.71. The van der Waals surface area contributed by atoms with Crippen molar-refractivity contribution in [3.63, 3.8) is 0 Å². The van der Waals surface area contributed by atoms with Crippen molar-refractivity contribution in [2.24, 2.45) is 0 Å². The van der Waals surface area contributed by atoms with Gasteiger partial charge >= 0.3 is 0 Å².